The summed E-state index contributed by atoms with van der Waals surface area (Å²) in [5.74, 6) is 0.922. The summed E-state index contributed by atoms with van der Waals surface area (Å²) >= 11 is 9.46. The van der Waals surface area contributed by atoms with Crippen molar-refractivity contribution >= 4 is 33.3 Å². The molecule has 2 N–H and O–H groups in total. The van der Waals surface area contributed by atoms with Crippen LogP contribution in [0.4, 0.5) is 5.82 Å². The highest BCUT2D eigenvalue weighted by atomic mass is 79.9. The summed E-state index contributed by atoms with van der Waals surface area (Å²) < 4.78 is 0.969. The first-order chi connectivity index (χ1) is 10.6. The van der Waals surface area contributed by atoms with E-state index in [2.05, 4.69) is 31.9 Å². The fraction of sp³-hybridized carbons (Fsp3) is 0.353. The van der Waals surface area contributed by atoms with E-state index in [4.69, 9.17) is 17.3 Å². The van der Waals surface area contributed by atoms with Crippen molar-refractivity contribution in [3.8, 4) is 0 Å². The second kappa shape index (κ2) is 9.82. The normalized spacial score (nSPS) is 9.91. The zero-order valence-electron chi connectivity index (χ0n) is 13.3. The third-order valence-corrected chi connectivity index (χ3v) is 3.92. The minimum atomic E-state index is 0.588. The van der Waals surface area contributed by atoms with E-state index < -0.39 is 0 Å². The van der Waals surface area contributed by atoms with Crippen LogP contribution in [0.25, 0.3) is 0 Å². The summed E-state index contributed by atoms with van der Waals surface area (Å²) in [7, 11) is 0. The number of pyridine rings is 1. The van der Waals surface area contributed by atoms with Gasteiger partial charge >= 0.3 is 0 Å². The number of anilines is 1. The third kappa shape index (κ3) is 5.59. The number of hydrogen-bond acceptors (Lipinski definition) is 3. The SMILES string of the molecule is CC.Cc1cc(CN(CCN)c2ccc(Br)cn2)ccc1Cl. The van der Waals surface area contributed by atoms with Crippen LogP contribution in [0.15, 0.2) is 41.0 Å². The average molecular weight is 385 g/mol. The van der Waals surface area contributed by atoms with Gasteiger partial charge in [0.25, 0.3) is 0 Å². The van der Waals surface area contributed by atoms with Gasteiger partial charge in [0.05, 0.1) is 0 Å². The van der Waals surface area contributed by atoms with Crippen molar-refractivity contribution in [2.45, 2.75) is 27.3 Å². The van der Waals surface area contributed by atoms with Gasteiger partial charge in [-0.05, 0) is 52.2 Å². The van der Waals surface area contributed by atoms with E-state index in [0.717, 1.165) is 34.0 Å². The zero-order chi connectivity index (χ0) is 16.5. The molecule has 2 rings (SSSR count). The molecular weight excluding hydrogens is 362 g/mol. The molecule has 0 atom stereocenters. The number of aromatic nitrogens is 1. The molecule has 0 aliphatic heterocycles. The average Bonchev–Trinajstić information content (AvgIpc) is 2.53. The number of halogens is 2. The van der Waals surface area contributed by atoms with Crippen LogP contribution >= 0.6 is 27.5 Å². The van der Waals surface area contributed by atoms with Gasteiger partial charge in [0.1, 0.15) is 5.82 Å². The molecule has 0 saturated heterocycles. The molecule has 2 aromatic rings. The molecule has 0 unspecified atom stereocenters. The molecule has 0 fully saturated rings. The Kier molecular flexibility index (Phi) is 8.46. The van der Waals surface area contributed by atoms with E-state index in [-0.39, 0.29) is 0 Å². The summed E-state index contributed by atoms with van der Waals surface area (Å²) in [4.78, 5) is 6.59. The summed E-state index contributed by atoms with van der Waals surface area (Å²) in [6, 6.07) is 10.0. The van der Waals surface area contributed by atoms with Crippen LogP contribution in [0.5, 0.6) is 0 Å². The molecule has 0 aliphatic carbocycles. The molecule has 0 amide bonds. The van der Waals surface area contributed by atoms with E-state index in [1.54, 1.807) is 6.20 Å². The molecule has 3 nitrogen and oxygen atoms in total. The Morgan fingerprint density at radius 3 is 2.50 bits per heavy atom. The number of nitrogens with zero attached hydrogens (tertiary/aromatic N) is 2. The number of rotatable bonds is 5. The molecule has 22 heavy (non-hydrogen) atoms. The first-order valence-corrected chi connectivity index (χ1v) is 8.59. The second-order valence-corrected chi connectivity index (χ2v) is 5.95. The predicted molar refractivity (Wildman–Crippen MR) is 99.6 cm³/mol. The highest BCUT2D eigenvalue weighted by molar-refractivity contribution is 9.10. The smallest absolute Gasteiger partial charge is 0.128 e. The monoisotopic (exact) mass is 383 g/mol. The highest BCUT2D eigenvalue weighted by Gasteiger charge is 2.08. The van der Waals surface area contributed by atoms with Crippen molar-refractivity contribution in [2.24, 2.45) is 5.73 Å². The van der Waals surface area contributed by atoms with Crippen LogP contribution in [0, 0.1) is 6.92 Å². The van der Waals surface area contributed by atoms with E-state index >= 15 is 0 Å². The van der Waals surface area contributed by atoms with E-state index in [1.165, 1.54) is 5.56 Å². The summed E-state index contributed by atoms with van der Waals surface area (Å²) in [5, 5.41) is 0.792. The third-order valence-electron chi connectivity index (χ3n) is 3.03. The van der Waals surface area contributed by atoms with Gasteiger partial charge < -0.3 is 10.6 Å². The van der Waals surface area contributed by atoms with Crippen LogP contribution in [0.3, 0.4) is 0 Å². The van der Waals surface area contributed by atoms with Gasteiger partial charge in [0.2, 0.25) is 0 Å². The van der Waals surface area contributed by atoms with E-state index in [9.17, 15) is 0 Å². The number of benzene rings is 1. The van der Waals surface area contributed by atoms with Gasteiger partial charge in [-0.25, -0.2) is 4.98 Å². The van der Waals surface area contributed by atoms with Crippen molar-refractivity contribution in [3.05, 3.63) is 57.2 Å². The van der Waals surface area contributed by atoms with Crippen molar-refractivity contribution < 1.29 is 0 Å². The minimum Gasteiger partial charge on any atom is -0.351 e. The van der Waals surface area contributed by atoms with Crippen molar-refractivity contribution in [1.82, 2.24) is 4.98 Å². The molecule has 0 saturated carbocycles. The maximum absolute atomic E-state index is 6.06. The lowest BCUT2D eigenvalue weighted by Crippen LogP contribution is -2.29. The number of nitrogens with two attached hydrogens (primary N) is 1. The lowest BCUT2D eigenvalue weighted by molar-refractivity contribution is 0.775. The highest BCUT2D eigenvalue weighted by Crippen LogP contribution is 2.20. The Bertz CT molecular complexity index is 573. The molecule has 5 heteroatoms. The molecule has 0 radical (unpaired) electrons. The lowest BCUT2D eigenvalue weighted by Gasteiger charge is -2.23. The molecule has 0 aliphatic rings. The van der Waals surface area contributed by atoms with Gasteiger partial charge in [0.15, 0.2) is 0 Å². The van der Waals surface area contributed by atoms with Gasteiger partial charge in [-0.1, -0.05) is 37.6 Å². The van der Waals surface area contributed by atoms with E-state index in [0.29, 0.717) is 6.54 Å². The molecule has 0 bridgehead atoms. The quantitative estimate of drug-likeness (QED) is 0.805. The van der Waals surface area contributed by atoms with Crippen LogP contribution in [-0.2, 0) is 6.54 Å². The van der Waals surface area contributed by atoms with Crippen molar-refractivity contribution in [2.75, 3.05) is 18.0 Å². The van der Waals surface area contributed by atoms with E-state index in [1.807, 2.05) is 45.0 Å². The zero-order valence-corrected chi connectivity index (χ0v) is 15.7. The van der Waals surface area contributed by atoms with Crippen LogP contribution in [0.2, 0.25) is 5.02 Å². The molecule has 1 aromatic heterocycles. The van der Waals surface area contributed by atoms with Gasteiger partial charge in [0, 0.05) is 35.3 Å². The van der Waals surface area contributed by atoms with Crippen LogP contribution in [0.1, 0.15) is 25.0 Å². The Balaban J connectivity index is 0.00000116. The van der Waals surface area contributed by atoms with Gasteiger partial charge in [-0.2, -0.15) is 0 Å². The number of hydrogen-bond donors (Lipinski definition) is 1. The standard InChI is InChI=1S/C15H17BrClN3.C2H6/c1-11-8-12(2-4-14(11)17)10-20(7-6-18)15-5-3-13(16)9-19-15;1-2/h2-5,8-9H,6-7,10,18H2,1H3;1-2H3. The Morgan fingerprint density at radius 2 is 1.95 bits per heavy atom. The Hall–Kier alpha value is -1.10. The molecular formula is C17H23BrClN3. The summed E-state index contributed by atoms with van der Waals surface area (Å²) in [5.41, 5.74) is 7.99. The summed E-state index contributed by atoms with van der Waals surface area (Å²) in [6.45, 7) is 8.13. The lowest BCUT2D eigenvalue weighted by atomic mass is 10.1. The fourth-order valence-electron chi connectivity index (χ4n) is 2.01. The fourth-order valence-corrected chi connectivity index (χ4v) is 2.36. The molecule has 120 valence electrons. The first kappa shape index (κ1) is 18.9. The number of aryl methyl sites for hydroxylation is 1. The maximum atomic E-state index is 6.06. The Labute approximate surface area is 146 Å². The second-order valence-electron chi connectivity index (χ2n) is 4.63. The molecule has 1 heterocycles. The minimum absolute atomic E-state index is 0.588. The van der Waals surface area contributed by atoms with Crippen LogP contribution in [-0.4, -0.2) is 18.1 Å². The topological polar surface area (TPSA) is 42.1 Å². The van der Waals surface area contributed by atoms with Gasteiger partial charge in [-0.3, -0.25) is 0 Å². The Morgan fingerprint density at radius 1 is 1.23 bits per heavy atom. The maximum Gasteiger partial charge on any atom is 0.128 e. The predicted octanol–water partition coefficient (Wildman–Crippen LogP) is 4.80. The largest absolute Gasteiger partial charge is 0.351 e. The van der Waals surface area contributed by atoms with Gasteiger partial charge in [-0.15, -0.1) is 0 Å². The van der Waals surface area contributed by atoms with Crippen LogP contribution < -0.4 is 10.6 Å². The van der Waals surface area contributed by atoms with Crippen molar-refractivity contribution in [3.63, 3.8) is 0 Å². The first-order valence-electron chi connectivity index (χ1n) is 7.42. The molecule has 0 spiro atoms. The summed E-state index contributed by atoms with van der Waals surface area (Å²) in [6.07, 6.45) is 1.80. The van der Waals surface area contributed by atoms with Crippen molar-refractivity contribution in [1.29, 1.82) is 0 Å². The molecule has 1 aromatic carbocycles.